The predicted molar refractivity (Wildman–Crippen MR) is 103 cm³/mol. The number of ether oxygens (including phenoxy) is 2. The number of anilines is 1. The van der Waals surface area contributed by atoms with Gasteiger partial charge in [-0.25, -0.2) is 14.6 Å². The average molecular weight is 397 g/mol. The molecule has 9 nitrogen and oxygen atoms in total. The number of urea groups is 1. The van der Waals surface area contributed by atoms with Crippen LogP contribution in [0, 0.1) is 0 Å². The van der Waals surface area contributed by atoms with Crippen LogP contribution in [0.1, 0.15) is 0 Å². The van der Waals surface area contributed by atoms with Crippen molar-refractivity contribution in [3.05, 3.63) is 54.6 Å². The SMILES string of the molecule is COc1ccc(N2C(=O)C(=O)N(CC(=O)NCCOc3ccccc3)C2=O)cc1. The van der Waals surface area contributed by atoms with Crippen LogP contribution in [0.15, 0.2) is 54.6 Å². The summed E-state index contributed by atoms with van der Waals surface area (Å²) in [4.78, 5) is 50.3. The summed E-state index contributed by atoms with van der Waals surface area (Å²) in [5.41, 5.74) is 0.216. The minimum absolute atomic E-state index is 0.181. The first-order valence-electron chi connectivity index (χ1n) is 8.80. The second-order valence-corrected chi connectivity index (χ2v) is 6.02. The smallest absolute Gasteiger partial charge is 0.339 e. The highest BCUT2D eigenvalue weighted by Crippen LogP contribution is 2.24. The molecule has 0 aliphatic carbocycles. The zero-order valence-electron chi connectivity index (χ0n) is 15.7. The number of nitrogens with zero attached hydrogens (tertiary/aromatic N) is 2. The van der Waals surface area contributed by atoms with Gasteiger partial charge >= 0.3 is 17.8 Å². The van der Waals surface area contributed by atoms with Crippen LogP contribution in [0.25, 0.3) is 0 Å². The lowest BCUT2D eigenvalue weighted by atomic mass is 10.3. The van der Waals surface area contributed by atoms with Crippen LogP contribution >= 0.6 is 0 Å². The van der Waals surface area contributed by atoms with Crippen LogP contribution in [0.3, 0.4) is 0 Å². The quantitative estimate of drug-likeness (QED) is 0.408. The number of nitrogens with one attached hydrogen (secondary N) is 1. The number of hydrogen-bond acceptors (Lipinski definition) is 6. The molecule has 1 N–H and O–H groups in total. The maximum Gasteiger partial charge on any atom is 0.339 e. The van der Waals surface area contributed by atoms with Gasteiger partial charge in [-0.05, 0) is 36.4 Å². The fraction of sp³-hybridized carbons (Fsp3) is 0.200. The number of carbonyl (C=O) groups is 4. The molecule has 29 heavy (non-hydrogen) atoms. The summed E-state index contributed by atoms with van der Waals surface area (Å²) in [6.07, 6.45) is 0. The molecular formula is C20H19N3O6. The minimum Gasteiger partial charge on any atom is -0.497 e. The Morgan fingerprint density at radius 1 is 0.931 bits per heavy atom. The molecule has 2 aromatic rings. The van der Waals surface area contributed by atoms with E-state index in [1.165, 1.54) is 19.2 Å². The van der Waals surface area contributed by atoms with Gasteiger partial charge < -0.3 is 14.8 Å². The third-order valence-electron chi connectivity index (χ3n) is 4.12. The van der Waals surface area contributed by atoms with E-state index in [1.54, 1.807) is 24.3 Å². The number of methoxy groups -OCH3 is 1. The van der Waals surface area contributed by atoms with Gasteiger partial charge in [0.1, 0.15) is 24.7 Å². The molecule has 5 amide bonds. The maximum atomic E-state index is 12.5. The van der Waals surface area contributed by atoms with Crippen molar-refractivity contribution in [2.75, 3.05) is 31.7 Å². The molecule has 3 rings (SSSR count). The zero-order valence-corrected chi connectivity index (χ0v) is 15.7. The zero-order chi connectivity index (χ0) is 20.8. The van der Waals surface area contributed by atoms with E-state index >= 15 is 0 Å². The van der Waals surface area contributed by atoms with Gasteiger partial charge in [-0.15, -0.1) is 0 Å². The van der Waals surface area contributed by atoms with Crippen LogP contribution in [0.5, 0.6) is 11.5 Å². The second kappa shape index (κ2) is 8.87. The summed E-state index contributed by atoms with van der Waals surface area (Å²) >= 11 is 0. The fourth-order valence-electron chi connectivity index (χ4n) is 2.68. The molecule has 0 spiro atoms. The Bertz CT molecular complexity index is 914. The Kier molecular flexibility index (Phi) is 6.08. The van der Waals surface area contributed by atoms with Gasteiger partial charge in [0.2, 0.25) is 5.91 Å². The first-order chi connectivity index (χ1) is 14.0. The first-order valence-corrected chi connectivity index (χ1v) is 8.80. The summed E-state index contributed by atoms with van der Waals surface area (Å²) in [7, 11) is 1.48. The van der Waals surface area contributed by atoms with E-state index in [9.17, 15) is 19.2 Å². The number of amides is 5. The topological polar surface area (TPSA) is 105 Å². The highest BCUT2D eigenvalue weighted by molar-refractivity contribution is 6.53. The number of imide groups is 2. The molecule has 0 radical (unpaired) electrons. The Hall–Kier alpha value is -3.88. The molecule has 1 aliphatic rings. The summed E-state index contributed by atoms with van der Waals surface area (Å²) in [6.45, 7) is -0.157. The van der Waals surface area contributed by atoms with Crippen molar-refractivity contribution in [1.82, 2.24) is 10.2 Å². The van der Waals surface area contributed by atoms with E-state index in [2.05, 4.69) is 5.32 Å². The van der Waals surface area contributed by atoms with Crippen molar-refractivity contribution in [1.29, 1.82) is 0 Å². The molecule has 1 aliphatic heterocycles. The normalized spacial score (nSPS) is 13.6. The lowest BCUT2D eigenvalue weighted by Crippen LogP contribution is -2.42. The molecule has 1 heterocycles. The first kappa shape index (κ1) is 19.9. The molecule has 0 saturated carbocycles. The Labute approximate surface area is 166 Å². The van der Waals surface area contributed by atoms with Crippen molar-refractivity contribution >= 4 is 29.4 Å². The van der Waals surface area contributed by atoms with Crippen molar-refractivity contribution in [3.8, 4) is 11.5 Å². The van der Waals surface area contributed by atoms with Crippen LogP contribution in [0.4, 0.5) is 10.5 Å². The van der Waals surface area contributed by atoms with Crippen LogP contribution in [-0.4, -0.2) is 55.5 Å². The monoisotopic (exact) mass is 397 g/mol. The second-order valence-electron chi connectivity index (χ2n) is 6.02. The van der Waals surface area contributed by atoms with Gasteiger partial charge in [0.15, 0.2) is 0 Å². The molecule has 0 bridgehead atoms. The summed E-state index contributed by atoms with van der Waals surface area (Å²) in [5.74, 6) is -1.45. The number of hydrogen-bond donors (Lipinski definition) is 1. The van der Waals surface area contributed by atoms with Gasteiger partial charge in [-0.2, -0.15) is 0 Å². The summed E-state index contributed by atoms with van der Waals surface area (Å²) in [5, 5.41) is 2.55. The maximum absolute atomic E-state index is 12.5. The molecule has 1 saturated heterocycles. The molecule has 0 atom stereocenters. The molecule has 150 valence electrons. The highest BCUT2D eigenvalue weighted by atomic mass is 16.5. The number of benzene rings is 2. The molecule has 0 unspecified atom stereocenters. The predicted octanol–water partition coefficient (Wildman–Crippen LogP) is 1.19. The van der Waals surface area contributed by atoms with Gasteiger partial charge in [-0.1, -0.05) is 18.2 Å². The van der Waals surface area contributed by atoms with Gasteiger partial charge in [0.05, 0.1) is 19.3 Å². The highest BCUT2D eigenvalue weighted by Gasteiger charge is 2.46. The molecular weight excluding hydrogens is 378 g/mol. The van der Waals surface area contributed by atoms with Gasteiger partial charge in [0.25, 0.3) is 0 Å². The van der Waals surface area contributed by atoms with E-state index in [0.29, 0.717) is 16.4 Å². The Morgan fingerprint density at radius 2 is 1.62 bits per heavy atom. The van der Waals surface area contributed by atoms with E-state index in [0.717, 1.165) is 4.90 Å². The molecule has 1 fully saturated rings. The third-order valence-corrected chi connectivity index (χ3v) is 4.12. The van der Waals surface area contributed by atoms with E-state index in [4.69, 9.17) is 9.47 Å². The summed E-state index contributed by atoms with van der Waals surface area (Å²) in [6, 6.07) is 14.3. The van der Waals surface area contributed by atoms with Gasteiger partial charge in [-0.3, -0.25) is 14.4 Å². The standard InChI is InChI=1S/C20H19N3O6/c1-28-15-9-7-14(8-10-15)23-19(26)18(25)22(20(23)27)13-17(24)21-11-12-29-16-5-3-2-4-6-16/h2-10H,11-13H2,1H3,(H,21,24). The van der Waals surface area contributed by atoms with Crippen molar-refractivity contribution in [2.45, 2.75) is 0 Å². The van der Waals surface area contributed by atoms with Crippen molar-refractivity contribution < 1.29 is 28.7 Å². The lowest BCUT2D eigenvalue weighted by molar-refractivity contribution is -0.140. The largest absolute Gasteiger partial charge is 0.497 e. The van der Waals surface area contributed by atoms with Crippen LogP contribution in [0.2, 0.25) is 0 Å². The number of para-hydroxylation sites is 1. The number of carbonyl (C=O) groups excluding carboxylic acids is 4. The Balaban J connectivity index is 1.54. The summed E-state index contributed by atoms with van der Waals surface area (Å²) < 4.78 is 10.5. The van der Waals surface area contributed by atoms with E-state index < -0.39 is 30.3 Å². The molecule has 2 aromatic carbocycles. The van der Waals surface area contributed by atoms with Crippen molar-refractivity contribution in [3.63, 3.8) is 0 Å². The van der Waals surface area contributed by atoms with Gasteiger partial charge in [0, 0.05) is 0 Å². The van der Waals surface area contributed by atoms with E-state index in [1.807, 2.05) is 18.2 Å². The minimum atomic E-state index is -1.05. The Morgan fingerprint density at radius 3 is 2.28 bits per heavy atom. The van der Waals surface area contributed by atoms with Crippen LogP contribution < -0.4 is 19.7 Å². The van der Waals surface area contributed by atoms with E-state index in [-0.39, 0.29) is 18.8 Å². The number of rotatable bonds is 8. The van der Waals surface area contributed by atoms with Crippen molar-refractivity contribution in [2.24, 2.45) is 0 Å². The lowest BCUT2D eigenvalue weighted by Gasteiger charge is -2.15. The molecule has 9 heteroatoms. The fourth-order valence-corrected chi connectivity index (χ4v) is 2.68. The average Bonchev–Trinajstić information content (AvgIpc) is 2.95. The van der Waals surface area contributed by atoms with Crippen LogP contribution in [-0.2, 0) is 14.4 Å². The third kappa shape index (κ3) is 4.52. The molecule has 0 aromatic heterocycles.